The van der Waals surface area contributed by atoms with Crippen molar-refractivity contribution in [3.8, 4) is 17.2 Å². The van der Waals surface area contributed by atoms with Crippen LogP contribution in [0.5, 0.6) is 17.2 Å². The first kappa shape index (κ1) is 34.9. The Morgan fingerprint density at radius 2 is 1.00 bits per heavy atom. The zero-order valence-corrected chi connectivity index (χ0v) is 30.4. The average Bonchev–Trinajstić information content (AvgIpc) is 3.12. The summed E-state index contributed by atoms with van der Waals surface area (Å²) in [6.45, 7) is 10.2. The molecule has 0 N–H and O–H groups in total. The van der Waals surface area contributed by atoms with Gasteiger partial charge >= 0.3 is 0 Å². The van der Waals surface area contributed by atoms with E-state index in [1.54, 1.807) is 84.9 Å². The lowest BCUT2D eigenvalue weighted by Gasteiger charge is -2.23. The fourth-order valence-electron chi connectivity index (χ4n) is 5.63. The molecule has 6 rings (SSSR count). The highest BCUT2D eigenvalue weighted by atomic mass is 32.2. The molecule has 6 nitrogen and oxygen atoms in total. The number of sulfone groups is 2. The van der Waals surface area contributed by atoms with Gasteiger partial charge in [0.2, 0.25) is 19.7 Å². The first-order valence-corrected chi connectivity index (χ1v) is 19.5. The van der Waals surface area contributed by atoms with E-state index in [1.165, 1.54) is 0 Å². The molecule has 6 aromatic rings. The first-order chi connectivity index (χ1) is 23.8. The molecule has 256 valence electrons. The van der Waals surface area contributed by atoms with Crippen molar-refractivity contribution in [1.29, 1.82) is 0 Å². The van der Waals surface area contributed by atoms with Crippen LogP contribution < -0.4 is 9.47 Å². The molecule has 0 spiro atoms. The predicted octanol–water partition coefficient (Wildman–Crippen LogP) is 10.4. The zero-order chi connectivity index (χ0) is 35.7. The van der Waals surface area contributed by atoms with Crippen LogP contribution in [0, 0.1) is 6.92 Å². The van der Waals surface area contributed by atoms with E-state index in [0.29, 0.717) is 17.2 Å². The van der Waals surface area contributed by atoms with Crippen LogP contribution in [0.2, 0.25) is 0 Å². The lowest BCUT2D eigenvalue weighted by molar-refractivity contribution is 0.227. The van der Waals surface area contributed by atoms with Crippen molar-refractivity contribution in [2.45, 2.75) is 72.1 Å². The van der Waals surface area contributed by atoms with E-state index >= 15 is 0 Å². The Labute approximate surface area is 295 Å². The van der Waals surface area contributed by atoms with E-state index in [9.17, 15) is 16.8 Å². The Morgan fingerprint density at radius 1 is 0.560 bits per heavy atom. The van der Waals surface area contributed by atoms with Crippen LogP contribution >= 0.6 is 0 Å². The highest BCUT2D eigenvalue weighted by Crippen LogP contribution is 2.33. The summed E-state index contributed by atoms with van der Waals surface area (Å²) in [6, 6.07) is 38.7. The quantitative estimate of drug-likeness (QED) is 0.133. The maximum absolute atomic E-state index is 13.3. The van der Waals surface area contributed by atoms with Gasteiger partial charge in [0.25, 0.3) is 0 Å². The average molecular weight is 705 g/mol. The van der Waals surface area contributed by atoms with Gasteiger partial charge in [-0.15, -0.1) is 0 Å². The van der Waals surface area contributed by atoms with Crippen LogP contribution in [0.15, 0.2) is 153 Å². The van der Waals surface area contributed by atoms with Gasteiger partial charge in [-0.2, -0.15) is 0 Å². The van der Waals surface area contributed by atoms with Crippen molar-refractivity contribution >= 4 is 30.4 Å². The normalized spacial score (nSPS) is 12.8. The number of benzene rings is 6. The summed E-state index contributed by atoms with van der Waals surface area (Å²) in [5.41, 5.74) is 2.91. The van der Waals surface area contributed by atoms with Crippen LogP contribution in [0.25, 0.3) is 10.8 Å². The molecule has 0 heterocycles. The van der Waals surface area contributed by atoms with Gasteiger partial charge in [-0.1, -0.05) is 74.9 Å². The van der Waals surface area contributed by atoms with Crippen molar-refractivity contribution in [2.75, 3.05) is 0 Å². The van der Waals surface area contributed by atoms with Gasteiger partial charge in [-0.25, -0.2) is 16.8 Å². The summed E-state index contributed by atoms with van der Waals surface area (Å²) in [7, 11) is -7.29. The third kappa shape index (κ3) is 7.32. The SMILES string of the molecule is CCC(C)(C)c1ccc(S(=O)(=O)c2ccc(Oc3ccc4ccc(OC(C)c5ccc(S(=O)(=O)c6ccc(C)cc6)cc5)cc4c3)cc2)cc1. The van der Waals surface area contributed by atoms with Gasteiger partial charge in [0, 0.05) is 0 Å². The lowest BCUT2D eigenvalue weighted by Crippen LogP contribution is -2.15. The molecule has 0 aliphatic carbocycles. The molecule has 0 aromatic heterocycles. The fourth-order valence-corrected chi connectivity index (χ4v) is 8.15. The van der Waals surface area contributed by atoms with Gasteiger partial charge in [0.05, 0.1) is 19.6 Å². The highest BCUT2D eigenvalue weighted by molar-refractivity contribution is 7.91. The second-order valence-electron chi connectivity index (χ2n) is 13.2. The molecule has 1 atom stereocenters. The van der Waals surface area contributed by atoms with Crippen LogP contribution in [-0.2, 0) is 25.1 Å². The lowest BCUT2D eigenvalue weighted by atomic mass is 9.82. The molecule has 6 aromatic carbocycles. The van der Waals surface area contributed by atoms with Gasteiger partial charge in [-0.3, -0.25) is 0 Å². The number of fused-ring (bicyclic) bond motifs is 1. The predicted molar refractivity (Wildman–Crippen MR) is 198 cm³/mol. The molecule has 0 radical (unpaired) electrons. The van der Waals surface area contributed by atoms with Crippen molar-refractivity contribution in [1.82, 2.24) is 0 Å². The highest BCUT2D eigenvalue weighted by Gasteiger charge is 2.22. The minimum Gasteiger partial charge on any atom is -0.486 e. The van der Waals surface area contributed by atoms with E-state index < -0.39 is 19.7 Å². The molecular weight excluding hydrogens is 665 g/mol. The van der Waals surface area contributed by atoms with Crippen LogP contribution in [0.4, 0.5) is 0 Å². The fraction of sp³-hybridized carbons (Fsp3) is 0.190. The summed E-state index contributed by atoms with van der Waals surface area (Å²) >= 11 is 0. The summed E-state index contributed by atoms with van der Waals surface area (Å²) in [5.74, 6) is 1.76. The van der Waals surface area contributed by atoms with Gasteiger partial charge in [-0.05, 0) is 133 Å². The van der Waals surface area contributed by atoms with Crippen LogP contribution in [-0.4, -0.2) is 16.8 Å². The topological polar surface area (TPSA) is 86.7 Å². The number of ether oxygens (including phenoxy) is 2. The molecular formula is C42H40O6S2. The second kappa shape index (κ2) is 13.8. The van der Waals surface area contributed by atoms with E-state index in [2.05, 4.69) is 20.8 Å². The molecule has 0 bridgehead atoms. The maximum atomic E-state index is 13.3. The monoisotopic (exact) mass is 704 g/mol. The molecule has 0 fully saturated rings. The molecule has 50 heavy (non-hydrogen) atoms. The molecule has 0 saturated heterocycles. The van der Waals surface area contributed by atoms with E-state index in [4.69, 9.17) is 9.47 Å². The third-order valence-electron chi connectivity index (χ3n) is 9.29. The summed E-state index contributed by atoms with van der Waals surface area (Å²) in [4.78, 5) is 0.946. The smallest absolute Gasteiger partial charge is 0.206 e. The minimum atomic E-state index is -3.68. The van der Waals surface area contributed by atoms with Gasteiger partial charge in [0.15, 0.2) is 0 Å². The van der Waals surface area contributed by atoms with Gasteiger partial charge in [0.1, 0.15) is 23.4 Å². The van der Waals surface area contributed by atoms with Crippen molar-refractivity contribution < 1.29 is 26.3 Å². The van der Waals surface area contributed by atoms with E-state index in [1.807, 2.05) is 62.4 Å². The Morgan fingerprint density at radius 3 is 1.54 bits per heavy atom. The Kier molecular flexibility index (Phi) is 9.62. The van der Waals surface area contributed by atoms with Crippen LogP contribution in [0.1, 0.15) is 56.9 Å². The summed E-state index contributed by atoms with van der Waals surface area (Å²) in [6.07, 6.45) is 0.618. The Hall–Kier alpha value is -4.92. The minimum absolute atomic E-state index is 0.0263. The standard InChI is InChI=1S/C42H40O6S2/c1-6-42(4,5)34-13-23-40(24-14-34)50(45,46)41-25-17-35(18-26-41)48-37-16-10-32-9-15-36(27-33(32)28-37)47-30(3)31-11-21-39(22-12-31)49(43,44)38-19-7-29(2)8-20-38/h7-28,30H,6H2,1-5H3. The first-order valence-electron chi connectivity index (χ1n) is 16.5. The zero-order valence-electron chi connectivity index (χ0n) is 28.8. The molecule has 8 heteroatoms. The second-order valence-corrected chi connectivity index (χ2v) is 17.1. The number of hydrogen-bond acceptors (Lipinski definition) is 6. The molecule has 0 saturated carbocycles. The Balaban J connectivity index is 1.13. The largest absolute Gasteiger partial charge is 0.486 e. The molecule has 1 unspecified atom stereocenters. The van der Waals surface area contributed by atoms with E-state index in [0.717, 1.165) is 33.9 Å². The van der Waals surface area contributed by atoms with Crippen molar-refractivity contribution in [3.05, 3.63) is 150 Å². The van der Waals surface area contributed by atoms with Crippen molar-refractivity contribution in [2.24, 2.45) is 0 Å². The molecule has 0 aliphatic heterocycles. The van der Waals surface area contributed by atoms with Gasteiger partial charge < -0.3 is 9.47 Å². The van der Waals surface area contributed by atoms with E-state index in [-0.39, 0.29) is 31.1 Å². The summed E-state index contributed by atoms with van der Waals surface area (Å²) in [5, 5.41) is 1.90. The number of hydrogen-bond donors (Lipinski definition) is 0. The van der Waals surface area contributed by atoms with Crippen molar-refractivity contribution in [3.63, 3.8) is 0 Å². The Bertz CT molecular complexity index is 2340. The third-order valence-corrected chi connectivity index (χ3v) is 12.9. The maximum Gasteiger partial charge on any atom is 0.206 e. The summed E-state index contributed by atoms with van der Waals surface area (Å²) < 4.78 is 65.1. The number of aryl methyl sites for hydroxylation is 1. The molecule has 0 aliphatic rings. The molecule has 0 amide bonds. The van der Waals surface area contributed by atoms with Crippen LogP contribution in [0.3, 0.4) is 0 Å². The number of rotatable bonds is 11.